The number of nitrogens with zero attached hydrogens (tertiary/aromatic N) is 1. The lowest BCUT2D eigenvalue weighted by Gasteiger charge is -2.40. The topological polar surface area (TPSA) is 93.1 Å². The summed E-state index contributed by atoms with van der Waals surface area (Å²) in [6, 6.07) is 4.35. The molecule has 0 amide bonds. The molecule has 22 heavy (non-hydrogen) atoms. The van der Waals surface area contributed by atoms with Crippen molar-refractivity contribution in [3.63, 3.8) is 0 Å². The Bertz CT molecular complexity index is 671. The summed E-state index contributed by atoms with van der Waals surface area (Å²) in [4.78, 5) is 10.9. The van der Waals surface area contributed by atoms with Crippen LogP contribution in [0.25, 0.3) is 0 Å². The van der Waals surface area contributed by atoms with Crippen LogP contribution in [-0.2, 0) is 19.6 Å². The molecule has 122 valence electrons. The molecule has 2 rings (SSSR count). The minimum atomic E-state index is -3.79. The van der Waals surface area contributed by atoms with E-state index in [2.05, 4.69) is 0 Å². The highest BCUT2D eigenvalue weighted by Crippen LogP contribution is 2.33. The Labute approximate surface area is 133 Å². The fraction of sp³-hybridized carbons (Fsp3) is 0.462. The van der Waals surface area contributed by atoms with E-state index in [4.69, 9.17) is 26.2 Å². The Kier molecular flexibility index (Phi) is 4.96. The summed E-state index contributed by atoms with van der Waals surface area (Å²) < 4.78 is 36.1. The molecule has 0 aromatic heterocycles. The number of carboxylic acids is 1. The highest BCUT2D eigenvalue weighted by Gasteiger charge is 2.44. The summed E-state index contributed by atoms with van der Waals surface area (Å²) in [6.45, 7) is 0.140. The van der Waals surface area contributed by atoms with Gasteiger partial charge in [0.1, 0.15) is 10.6 Å². The predicted octanol–water partition coefficient (Wildman–Crippen LogP) is 1.07. The van der Waals surface area contributed by atoms with E-state index in [1.54, 1.807) is 6.07 Å². The Morgan fingerprint density at radius 3 is 2.55 bits per heavy atom. The molecular weight excluding hydrogens is 334 g/mol. The van der Waals surface area contributed by atoms with E-state index in [0.717, 1.165) is 0 Å². The summed E-state index contributed by atoms with van der Waals surface area (Å²) in [5, 5.41) is 9.09. The largest absolute Gasteiger partial charge is 0.497 e. The van der Waals surface area contributed by atoms with Gasteiger partial charge in [-0.05, 0) is 12.1 Å². The van der Waals surface area contributed by atoms with Crippen LogP contribution in [0.15, 0.2) is 23.1 Å². The molecule has 0 aliphatic carbocycles. The zero-order valence-corrected chi connectivity index (χ0v) is 13.6. The van der Waals surface area contributed by atoms with Crippen LogP contribution in [0.5, 0.6) is 5.75 Å². The third kappa shape index (κ3) is 3.05. The van der Waals surface area contributed by atoms with Crippen molar-refractivity contribution in [3.8, 4) is 5.75 Å². The van der Waals surface area contributed by atoms with Gasteiger partial charge in [0.05, 0.1) is 12.1 Å². The van der Waals surface area contributed by atoms with Gasteiger partial charge in [0, 0.05) is 32.2 Å². The molecule has 1 aliphatic rings. The quantitative estimate of drug-likeness (QED) is 0.825. The number of benzene rings is 1. The zero-order valence-electron chi connectivity index (χ0n) is 12.0. The second-order valence-corrected chi connectivity index (χ2v) is 7.19. The lowest BCUT2D eigenvalue weighted by Crippen LogP contribution is -2.56. The second-order valence-electron chi connectivity index (χ2n) is 4.87. The van der Waals surface area contributed by atoms with Crippen LogP contribution in [0, 0.1) is 5.92 Å². The SMILES string of the molecule is COc1ccc(Cl)c(S(=O)(=O)N2CC(C(OC)C(=O)O)C2)c1. The average molecular weight is 350 g/mol. The number of carboxylic acid groups (broad SMARTS) is 1. The van der Waals surface area contributed by atoms with E-state index >= 15 is 0 Å². The molecule has 1 aliphatic heterocycles. The zero-order chi connectivity index (χ0) is 16.5. The van der Waals surface area contributed by atoms with E-state index in [-0.39, 0.29) is 28.9 Å². The van der Waals surface area contributed by atoms with E-state index in [9.17, 15) is 13.2 Å². The van der Waals surface area contributed by atoms with E-state index < -0.39 is 22.1 Å². The number of rotatable bonds is 6. The molecule has 7 nitrogen and oxygen atoms in total. The fourth-order valence-electron chi connectivity index (χ4n) is 2.30. The first-order valence-electron chi connectivity index (χ1n) is 6.40. The van der Waals surface area contributed by atoms with Gasteiger partial charge >= 0.3 is 5.97 Å². The lowest BCUT2D eigenvalue weighted by atomic mass is 9.96. The van der Waals surface area contributed by atoms with Gasteiger partial charge in [-0.2, -0.15) is 4.31 Å². The predicted molar refractivity (Wildman–Crippen MR) is 78.7 cm³/mol. The molecular formula is C13H16ClNO6S. The second kappa shape index (κ2) is 6.41. The van der Waals surface area contributed by atoms with Gasteiger partial charge in [-0.1, -0.05) is 11.6 Å². The first-order chi connectivity index (χ1) is 10.3. The molecule has 1 N–H and O–H groups in total. The number of hydrogen-bond acceptors (Lipinski definition) is 5. The third-order valence-corrected chi connectivity index (χ3v) is 5.87. The molecule has 0 radical (unpaired) electrons. The standard InChI is InChI=1S/C13H16ClNO6S/c1-20-9-3-4-10(14)11(5-9)22(18,19)15-6-8(7-15)12(21-2)13(16)17/h3-5,8,12H,6-7H2,1-2H3,(H,16,17). The lowest BCUT2D eigenvalue weighted by molar-refractivity contribution is -0.154. The van der Waals surface area contributed by atoms with Crippen molar-refractivity contribution >= 4 is 27.6 Å². The van der Waals surface area contributed by atoms with Crippen molar-refractivity contribution < 1.29 is 27.8 Å². The number of halogens is 1. The summed E-state index contributed by atoms with van der Waals surface area (Å²) >= 11 is 5.96. The number of methoxy groups -OCH3 is 2. The molecule has 1 aromatic rings. The van der Waals surface area contributed by atoms with Crippen molar-refractivity contribution in [1.29, 1.82) is 0 Å². The molecule has 1 heterocycles. The van der Waals surface area contributed by atoms with Crippen LogP contribution in [0.3, 0.4) is 0 Å². The molecule has 1 unspecified atom stereocenters. The molecule has 9 heteroatoms. The van der Waals surface area contributed by atoms with Crippen molar-refractivity contribution in [1.82, 2.24) is 4.31 Å². The van der Waals surface area contributed by atoms with Crippen LogP contribution in [0.1, 0.15) is 0 Å². The highest BCUT2D eigenvalue weighted by atomic mass is 35.5. The maximum absolute atomic E-state index is 12.5. The summed E-state index contributed by atoms with van der Waals surface area (Å²) in [5.74, 6) is -1.12. The van der Waals surface area contributed by atoms with Crippen LogP contribution in [0.4, 0.5) is 0 Å². The van der Waals surface area contributed by atoms with E-state index in [0.29, 0.717) is 5.75 Å². The van der Waals surface area contributed by atoms with E-state index in [1.807, 2.05) is 0 Å². The number of ether oxygens (including phenoxy) is 2. The van der Waals surface area contributed by atoms with Crippen LogP contribution in [-0.4, -0.2) is 57.2 Å². The van der Waals surface area contributed by atoms with Gasteiger partial charge in [0.15, 0.2) is 6.10 Å². The van der Waals surface area contributed by atoms with Gasteiger partial charge in [0.25, 0.3) is 0 Å². The monoisotopic (exact) mass is 349 g/mol. The van der Waals surface area contributed by atoms with Gasteiger partial charge in [-0.25, -0.2) is 13.2 Å². The van der Waals surface area contributed by atoms with Crippen LogP contribution < -0.4 is 4.74 Å². The van der Waals surface area contributed by atoms with Crippen molar-refractivity contribution in [2.45, 2.75) is 11.0 Å². The number of sulfonamides is 1. The summed E-state index contributed by atoms with van der Waals surface area (Å²) in [7, 11) is -1.08. The maximum Gasteiger partial charge on any atom is 0.333 e. The molecule has 1 fully saturated rings. The normalized spacial score (nSPS) is 17.8. The first-order valence-corrected chi connectivity index (χ1v) is 8.22. The van der Waals surface area contributed by atoms with Gasteiger partial charge in [-0.15, -0.1) is 0 Å². The number of carbonyl (C=O) groups is 1. The number of aliphatic carboxylic acids is 1. The third-order valence-electron chi connectivity index (χ3n) is 3.56. The maximum atomic E-state index is 12.5. The fourth-order valence-corrected chi connectivity index (χ4v) is 4.34. The Morgan fingerprint density at radius 2 is 2.05 bits per heavy atom. The van der Waals surface area contributed by atoms with Gasteiger partial charge < -0.3 is 14.6 Å². The molecule has 1 atom stereocenters. The Morgan fingerprint density at radius 1 is 1.41 bits per heavy atom. The molecule has 0 saturated carbocycles. The molecule has 1 aromatic carbocycles. The first kappa shape index (κ1) is 17.0. The molecule has 0 spiro atoms. The summed E-state index contributed by atoms with van der Waals surface area (Å²) in [5.41, 5.74) is 0. The average Bonchev–Trinajstić information content (AvgIpc) is 2.41. The van der Waals surface area contributed by atoms with Crippen molar-refractivity contribution in [3.05, 3.63) is 23.2 Å². The number of hydrogen-bond donors (Lipinski definition) is 1. The smallest absolute Gasteiger partial charge is 0.333 e. The van der Waals surface area contributed by atoms with Crippen molar-refractivity contribution in [2.75, 3.05) is 27.3 Å². The molecule has 0 bridgehead atoms. The van der Waals surface area contributed by atoms with Crippen molar-refractivity contribution in [2.24, 2.45) is 5.92 Å². The molecule has 1 saturated heterocycles. The Balaban J connectivity index is 2.19. The summed E-state index contributed by atoms with van der Waals surface area (Å²) in [6.07, 6.45) is -1.02. The highest BCUT2D eigenvalue weighted by molar-refractivity contribution is 7.89. The Hall–Kier alpha value is -1.35. The van der Waals surface area contributed by atoms with E-state index in [1.165, 1.54) is 30.7 Å². The van der Waals surface area contributed by atoms with Gasteiger partial charge in [-0.3, -0.25) is 0 Å². The minimum Gasteiger partial charge on any atom is -0.497 e. The van der Waals surface area contributed by atoms with Gasteiger partial charge in [0.2, 0.25) is 10.0 Å². The minimum absolute atomic E-state index is 0.0590. The van der Waals surface area contributed by atoms with Crippen LogP contribution in [0.2, 0.25) is 5.02 Å². The van der Waals surface area contributed by atoms with Crippen LogP contribution >= 0.6 is 11.6 Å².